The summed E-state index contributed by atoms with van der Waals surface area (Å²) in [6.07, 6.45) is 1.99. The predicted molar refractivity (Wildman–Crippen MR) is 109 cm³/mol. The number of likely N-dealkylation sites (tertiary alicyclic amines) is 1. The van der Waals surface area contributed by atoms with Gasteiger partial charge in [0, 0.05) is 18.8 Å². The second-order valence-corrected chi connectivity index (χ2v) is 9.01. The zero-order valence-electron chi connectivity index (χ0n) is 15.6. The lowest BCUT2D eigenvalue weighted by Crippen LogP contribution is -2.40. The van der Waals surface area contributed by atoms with Crippen LogP contribution in [0.25, 0.3) is 0 Å². The largest absolute Gasteiger partial charge is 0.482 e. The van der Waals surface area contributed by atoms with Crippen molar-refractivity contribution in [1.82, 2.24) is 4.90 Å². The minimum atomic E-state index is -3.77. The van der Waals surface area contributed by atoms with Crippen LogP contribution in [0.5, 0.6) is 5.75 Å². The van der Waals surface area contributed by atoms with Gasteiger partial charge in [0.05, 0.1) is 9.92 Å². The van der Waals surface area contributed by atoms with Crippen LogP contribution in [-0.4, -0.2) is 38.9 Å². The highest BCUT2D eigenvalue weighted by Crippen LogP contribution is 2.28. The Morgan fingerprint density at radius 1 is 1.18 bits per heavy atom. The van der Waals surface area contributed by atoms with Gasteiger partial charge >= 0.3 is 0 Å². The first-order valence-electron chi connectivity index (χ1n) is 9.13. The highest BCUT2D eigenvalue weighted by molar-refractivity contribution is 7.92. The average Bonchev–Trinajstić information content (AvgIpc) is 2.67. The lowest BCUT2D eigenvalue weighted by molar-refractivity contribution is -0.134. The summed E-state index contributed by atoms with van der Waals surface area (Å²) in [7, 11) is -3.77. The molecule has 2 aromatic carbocycles. The van der Waals surface area contributed by atoms with E-state index in [2.05, 4.69) is 11.6 Å². The van der Waals surface area contributed by atoms with Gasteiger partial charge in [-0.15, -0.1) is 0 Å². The Morgan fingerprint density at radius 2 is 1.86 bits per heavy atom. The van der Waals surface area contributed by atoms with E-state index < -0.39 is 10.0 Å². The molecule has 1 heterocycles. The van der Waals surface area contributed by atoms with Crippen LogP contribution in [-0.2, 0) is 14.8 Å². The summed E-state index contributed by atoms with van der Waals surface area (Å²) in [5, 5.41) is 0.135. The van der Waals surface area contributed by atoms with Crippen LogP contribution in [0, 0.1) is 5.92 Å². The number of nitrogens with zero attached hydrogens (tertiary/aromatic N) is 1. The summed E-state index contributed by atoms with van der Waals surface area (Å²) in [5.41, 5.74) is 0.459. The van der Waals surface area contributed by atoms with E-state index >= 15 is 0 Å². The third kappa shape index (κ3) is 5.17. The Labute approximate surface area is 170 Å². The first kappa shape index (κ1) is 20.5. The number of hydrogen-bond acceptors (Lipinski definition) is 4. The van der Waals surface area contributed by atoms with Gasteiger partial charge in [0.25, 0.3) is 15.9 Å². The Morgan fingerprint density at radius 3 is 2.50 bits per heavy atom. The second-order valence-electron chi connectivity index (χ2n) is 6.92. The number of anilines is 1. The number of nitrogens with one attached hydrogen (secondary N) is 1. The molecule has 0 radical (unpaired) electrons. The molecule has 150 valence electrons. The number of amides is 1. The van der Waals surface area contributed by atoms with Crippen LogP contribution in [0.2, 0.25) is 5.02 Å². The Kier molecular flexibility index (Phi) is 6.46. The first-order chi connectivity index (χ1) is 13.3. The first-order valence-corrected chi connectivity index (χ1v) is 11.0. The van der Waals surface area contributed by atoms with Crippen molar-refractivity contribution in [3.05, 3.63) is 53.6 Å². The molecule has 2 aromatic rings. The van der Waals surface area contributed by atoms with Gasteiger partial charge in [0.15, 0.2) is 6.61 Å². The molecule has 1 aliphatic heterocycles. The molecule has 0 saturated carbocycles. The Balaban J connectivity index is 1.63. The topological polar surface area (TPSA) is 75.7 Å². The van der Waals surface area contributed by atoms with Gasteiger partial charge in [0.1, 0.15) is 5.75 Å². The van der Waals surface area contributed by atoms with Crippen molar-refractivity contribution in [3.8, 4) is 5.75 Å². The van der Waals surface area contributed by atoms with Crippen molar-refractivity contribution >= 4 is 33.2 Å². The molecule has 0 aliphatic carbocycles. The van der Waals surface area contributed by atoms with E-state index in [1.54, 1.807) is 35.2 Å². The summed E-state index contributed by atoms with van der Waals surface area (Å²) >= 11 is 6.18. The minimum absolute atomic E-state index is 0.0186. The number of hydrogen-bond donors (Lipinski definition) is 1. The fraction of sp³-hybridized carbons (Fsp3) is 0.350. The SMILES string of the molecule is CC1CCN(C(=O)COc2ccc(S(=O)(=O)Nc3ccccc3)cc2Cl)CC1. The minimum Gasteiger partial charge on any atom is -0.482 e. The number of sulfonamides is 1. The van der Waals surface area contributed by atoms with E-state index in [1.807, 2.05) is 0 Å². The highest BCUT2D eigenvalue weighted by atomic mass is 35.5. The van der Waals surface area contributed by atoms with Crippen LogP contribution in [0.1, 0.15) is 19.8 Å². The van der Waals surface area contributed by atoms with Crippen molar-refractivity contribution in [2.75, 3.05) is 24.4 Å². The predicted octanol–water partition coefficient (Wildman–Crippen LogP) is 3.78. The van der Waals surface area contributed by atoms with E-state index in [1.165, 1.54) is 18.2 Å². The summed E-state index contributed by atoms with van der Waals surface area (Å²) in [6, 6.07) is 12.8. The standard InChI is InChI=1S/C20H23ClN2O4S/c1-15-9-11-23(12-10-15)20(24)14-27-19-8-7-17(13-18(19)21)28(25,26)22-16-5-3-2-4-6-16/h2-8,13,15,22H,9-12,14H2,1H3. The van der Waals surface area contributed by atoms with Gasteiger partial charge in [0.2, 0.25) is 0 Å². The van der Waals surface area contributed by atoms with E-state index in [9.17, 15) is 13.2 Å². The van der Waals surface area contributed by atoms with Gasteiger partial charge in [-0.05, 0) is 49.1 Å². The number of carbonyl (C=O) groups is 1. The van der Waals surface area contributed by atoms with Crippen molar-refractivity contribution in [2.45, 2.75) is 24.7 Å². The normalized spacial score (nSPS) is 15.3. The lowest BCUT2D eigenvalue weighted by Gasteiger charge is -2.30. The molecule has 1 fully saturated rings. The molecule has 0 bridgehead atoms. The van der Waals surface area contributed by atoms with Crippen molar-refractivity contribution in [3.63, 3.8) is 0 Å². The highest BCUT2D eigenvalue weighted by Gasteiger charge is 2.21. The third-order valence-corrected chi connectivity index (χ3v) is 6.40. The molecule has 0 spiro atoms. The summed E-state index contributed by atoms with van der Waals surface area (Å²) in [4.78, 5) is 14.1. The third-order valence-electron chi connectivity index (χ3n) is 4.73. The zero-order chi connectivity index (χ0) is 20.1. The smallest absolute Gasteiger partial charge is 0.261 e. The van der Waals surface area contributed by atoms with Gasteiger partial charge in [-0.2, -0.15) is 0 Å². The number of piperidine rings is 1. The molecular formula is C20H23ClN2O4S. The number of carbonyl (C=O) groups excluding carboxylic acids is 1. The zero-order valence-corrected chi connectivity index (χ0v) is 17.2. The van der Waals surface area contributed by atoms with Gasteiger partial charge in [-0.3, -0.25) is 9.52 Å². The van der Waals surface area contributed by atoms with Crippen molar-refractivity contribution < 1.29 is 17.9 Å². The lowest BCUT2D eigenvalue weighted by atomic mass is 9.99. The van der Waals surface area contributed by atoms with Crippen molar-refractivity contribution in [1.29, 1.82) is 0 Å². The maximum Gasteiger partial charge on any atom is 0.261 e. The Hall–Kier alpha value is -2.25. The molecule has 8 heteroatoms. The van der Waals surface area contributed by atoms with Gasteiger partial charge in [-0.1, -0.05) is 36.7 Å². The van der Waals surface area contributed by atoms with Crippen LogP contribution in [0.3, 0.4) is 0 Å². The number of benzene rings is 2. The molecule has 0 aromatic heterocycles. The van der Waals surface area contributed by atoms with Crippen LogP contribution in [0.4, 0.5) is 5.69 Å². The molecule has 0 unspecified atom stereocenters. The molecular weight excluding hydrogens is 400 g/mol. The molecule has 6 nitrogen and oxygen atoms in total. The number of rotatable bonds is 6. The van der Waals surface area contributed by atoms with Gasteiger partial charge in [-0.25, -0.2) is 8.42 Å². The number of para-hydroxylation sites is 1. The molecule has 1 amide bonds. The molecule has 1 aliphatic rings. The Bertz CT molecular complexity index is 926. The maximum absolute atomic E-state index is 12.5. The van der Waals surface area contributed by atoms with Crippen LogP contribution < -0.4 is 9.46 Å². The average molecular weight is 423 g/mol. The number of halogens is 1. The van der Waals surface area contributed by atoms with Crippen molar-refractivity contribution in [2.24, 2.45) is 5.92 Å². The van der Waals surface area contributed by atoms with Gasteiger partial charge < -0.3 is 9.64 Å². The van der Waals surface area contributed by atoms with Crippen LogP contribution >= 0.6 is 11.6 Å². The van der Waals surface area contributed by atoms with E-state index in [0.717, 1.165) is 25.9 Å². The molecule has 28 heavy (non-hydrogen) atoms. The van der Waals surface area contributed by atoms with E-state index in [-0.39, 0.29) is 28.2 Å². The summed E-state index contributed by atoms with van der Waals surface area (Å²) in [5.74, 6) is 0.822. The molecule has 1 saturated heterocycles. The second kappa shape index (κ2) is 8.84. The van der Waals surface area contributed by atoms with E-state index in [4.69, 9.17) is 16.3 Å². The summed E-state index contributed by atoms with van der Waals surface area (Å²) in [6.45, 7) is 3.53. The molecule has 0 atom stereocenters. The molecule has 1 N–H and O–H groups in total. The quantitative estimate of drug-likeness (QED) is 0.768. The fourth-order valence-electron chi connectivity index (χ4n) is 2.97. The molecule has 3 rings (SSSR count). The fourth-order valence-corrected chi connectivity index (χ4v) is 4.36. The van der Waals surface area contributed by atoms with E-state index in [0.29, 0.717) is 11.6 Å². The number of ether oxygens (including phenoxy) is 1. The summed E-state index contributed by atoms with van der Waals surface area (Å²) < 4.78 is 33.0. The van der Waals surface area contributed by atoms with Crippen LogP contribution in [0.15, 0.2) is 53.4 Å². The monoisotopic (exact) mass is 422 g/mol. The maximum atomic E-state index is 12.5.